The van der Waals surface area contributed by atoms with E-state index in [-0.39, 0.29) is 7.98 Å². The maximum atomic E-state index is 11.1. The molecule has 0 amide bonds. The monoisotopic (exact) mass is 310 g/mol. The average molecular weight is 310 g/mol. The molecule has 3 aliphatic rings. The van der Waals surface area contributed by atoms with Crippen molar-refractivity contribution in [2.45, 2.75) is 37.7 Å². The summed E-state index contributed by atoms with van der Waals surface area (Å²) in [4.78, 5) is 5.35. The topological polar surface area (TPSA) is 33.1 Å². The minimum absolute atomic E-state index is 0.267. The van der Waals surface area contributed by atoms with Gasteiger partial charge in [0.15, 0.2) is 7.98 Å². The number of hydrogen-bond donors (Lipinski definition) is 1. The van der Waals surface area contributed by atoms with Gasteiger partial charge in [0, 0.05) is 37.0 Å². The van der Waals surface area contributed by atoms with Crippen molar-refractivity contribution in [2.24, 2.45) is 5.92 Å². The highest BCUT2D eigenvalue weighted by Gasteiger charge is 2.49. The van der Waals surface area contributed by atoms with Crippen molar-refractivity contribution in [1.29, 1.82) is 0 Å². The molecule has 1 aromatic heterocycles. The quantitative estimate of drug-likeness (QED) is 0.653. The average Bonchev–Trinajstić information content (AvgIpc) is 2.89. The summed E-state index contributed by atoms with van der Waals surface area (Å²) in [6, 6.07) is 0. The number of aromatic nitrogens is 1. The highest BCUT2D eigenvalue weighted by molar-refractivity contribution is 7.80. The molecule has 3 fully saturated rings. The zero-order chi connectivity index (χ0) is 14.2. The third kappa shape index (κ3) is 2.98. The Kier molecular flexibility index (Phi) is 4.01. The first-order valence-corrected chi connectivity index (χ1v) is 8.29. The normalized spacial score (nSPS) is 36.2. The first-order chi connectivity index (χ1) is 9.49. The van der Waals surface area contributed by atoms with Crippen LogP contribution in [0, 0.1) is 5.92 Å². The molecule has 4 rings (SSSR count). The van der Waals surface area contributed by atoms with Gasteiger partial charge in [-0.15, -0.1) is 11.3 Å². The standard InChI is InChI=1S/C14H23BN2OS2/c15-17-6-2-11(3-7-17)14(18,10-17)4-1-12(19)9-13-16-5-8-20-13/h5,8,11,18H,1-4,6-7,9-10H2,15H3. The summed E-state index contributed by atoms with van der Waals surface area (Å²) in [7, 11) is 0.267. The van der Waals surface area contributed by atoms with Crippen LogP contribution in [0.15, 0.2) is 11.6 Å². The Morgan fingerprint density at radius 2 is 2.30 bits per heavy atom. The van der Waals surface area contributed by atoms with Gasteiger partial charge in [-0.25, -0.2) is 4.98 Å². The molecule has 110 valence electrons. The first kappa shape index (κ1) is 14.6. The second-order valence-electron chi connectivity index (χ2n) is 5.80. The van der Waals surface area contributed by atoms with Gasteiger partial charge in [-0.2, -0.15) is 0 Å². The second kappa shape index (κ2) is 5.48. The van der Waals surface area contributed by atoms with Crippen LogP contribution in [0.4, 0.5) is 0 Å². The van der Waals surface area contributed by atoms with Gasteiger partial charge >= 0.3 is 0 Å². The van der Waals surface area contributed by atoms with Crippen molar-refractivity contribution in [3.8, 4) is 0 Å². The summed E-state index contributed by atoms with van der Waals surface area (Å²) in [5, 5.41) is 14.2. The van der Waals surface area contributed by atoms with Crippen molar-refractivity contribution in [3.05, 3.63) is 16.6 Å². The van der Waals surface area contributed by atoms with Gasteiger partial charge in [0.25, 0.3) is 0 Å². The van der Waals surface area contributed by atoms with E-state index >= 15 is 0 Å². The predicted octanol–water partition coefficient (Wildman–Crippen LogP) is 1.09. The summed E-state index contributed by atoms with van der Waals surface area (Å²) in [5.41, 5.74) is -0.425. The molecule has 0 spiro atoms. The fourth-order valence-corrected chi connectivity index (χ4v) is 4.37. The molecule has 1 unspecified atom stereocenters. The van der Waals surface area contributed by atoms with Gasteiger partial charge in [-0.3, -0.25) is 0 Å². The van der Waals surface area contributed by atoms with E-state index in [1.165, 1.54) is 30.3 Å². The van der Waals surface area contributed by atoms with Crippen LogP contribution in [0.5, 0.6) is 0 Å². The Balaban J connectivity index is 1.56. The molecule has 6 heteroatoms. The zero-order valence-corrected chi connectivity index (χ0v) is 12.7. The molecular formula is C14H23BN2OS2. The van der Waals surface area contributed by atoms with Crippen LogP contribution in [-0.2, 0) is 6.42 Å². The zero-order valence-electron chi connectivity index (χ0n) is 11.0. The van der Waals surface area contributed by atoms with Crippen molar-refractivity contribution >= 4 is 36.4 Å². The minimum Gasteiger partial charge on any atom is -0.520 e. The molecule has 3 saturated heterocycles. The number of thiazole rings is 1. The van der Waals surface area contributed by atoms with Crippen molar-refractivity contribution in [1.82, 2.24) is 4.98 Å². The molecule has 4 heterocycles. The lowest BCUT2D eigenvalue weighted by atomic mass is 9.69. The number of quaternary nitrogens is 1. The van der Waals surface area contributed by atoms with Crippen molar-refractivity contribution < 1.29 is 9.50 Å². The molecule has 2 bridgehead atoms. The smallest absolute Gasteiger partial charge is 0.169 e. The lowest BCUT2D eigenvalue weighted by Crippen LogP contribution is -2.68. The lowest BCUT2D eigenvalue weighted by molar-refractivity contribution is -0.846. The van der Waals surface area contributed by atoms with Crippen LogP contribution in [0.3, 0.4) is 0 Å². The minimum atomic E-state index is -0.425. The highest BCUT2D eigenvalue weighted by Crippen LogP contribution is 2.41. The predicted molar refractivity (Wildman–Crippen MR) is 90.1 cm³/mol. The molecule has 20 heavy (non-hydrogen) atoms. The molecule has 0 aliphatic carbocycles. The van der Waals surface area contributed by atoms with Crippen LogP contribution < -0.4 is 0 Å². The number of hydrogen-bond acceptors (Lipinski definition) is 4. The van der Waals surface area contributed by atoms with Crippen LogP contribution in [0.25, 0.3) is 0 Å². The van der Waals surface area contributed by atoms with Crippen LogP contribution in [-0.4, -0.2) is 52.6 Å². The first-order valence-electron chi connectivity index (χ1n) is 7.00. The van der Waals surface area contributed by atoms with Crippen molar-refractivity contribution in [2.75, 3.05) is 19.6 Å². The van der Waals surface area contributed by atoms with Gasteiger partial charge in [0.1, 0.15) is 5.60 Å². The maximum absolute atomic E-state index is 11.1. The number of rotatable bonds is 5. The van der Waals surface area contributed by atoms with Gasteiger partial charge in [-0.05, 0) is 30.5 Å². The van der Waals surface area contributed by atoms with Gasteiger partial charge in [0.05, 0.1) is 11.6 Å². The van der Waals surface area contributed by atoms with E-state index in [2.05, 4.69) is 4.98 Å². The van der Waals surface area contributed by atoms with E-state index in [4.69, 9.17) is 12.2 Å². The van der Waals surface area contributed by atoms with Crippen molar-refractivity contribution in [3.63, 3.8) is 0 Å². The van der Waals surface area contributed by atoms with Gasteiger partial charge < -0.3 is 9.50 Å². The number of thiocarbonyl (C=S) groups is 1. The van der Waals surface area contributed by atoms with E-state index < -0.39 is 5.60 Å². The lowest BCUT2D eigenvalue weighted by Gasteiger charge is -2.60. The van der Waals surface area contributed by atoms with Crippen LogP contribution >= 0.6 is 23.6 Å². The van der Waals surface area contributed by atoms with E-state index in [1.54, 1.807) is 11.3 Å². The van der Waals surface area contributed by atoms with Crippen LogP contribution in [0.1, 0.15) is 30.7 Å². The third-order valence-electron chi connectivity index (χ3n) is 4.51. The molecule has 0 radical (unpaired) electrons. The summed E-state index contributed by atoms with van der Waals surface area (Å²) < 4.78 is 1.30. The van der Waals surface area contributed by atoms with E-state index in [1.807, 2.05) is 11.6 Å². The third-order valence-corrected chi connectivity index (χ3v) is 5.64. The molecular weight excluding hydrogens is 287 g/mol. The number of fused-ring (bicyclic) bond motifs is 3. The summed E-state index contributed by atoms with van der Waals surface area (Å²) in [6.45, 7) is 3.71. The Morgan fingerprint density at radius 1 is 1.55 bits per heavy atom. The van der Waals surface area contributed by atoms with E-state index in [9.17, 15) is 5.11 Å². The number of aliphatic hydroxyl groups is 1. The molecule has 1 aromatic rings. The Labute approximate surface area is 131 Å². The largest absolute Gasteiger partial charge is 0.520 e. The summed E-state index contributed by atoms with van der Waals surface area (Å²) in [5.74, 6) is 0.531. The highest BCUT2D eigenvalue weighted by atomic mass is 32.1. The van der Waals surface area contributed by atoms with Gasteiger partial charge in [0.2, 0.25) is 0 Å². The van der Waals surface area contributed by atoms with Crippen LogP contribution in [0.2, 0.25) is 0 Å². The second-order valence-corrected chi connectivity index (χ2v) is 7.35. The fourth-order valence-electron chi connectivity index (χ4n) is 3.38. The molecule has 3 aliphatic heterocycles. The maximum Gasteiger partial charge on any atom is 0.169 e. The van der Waals surface area contributed by atoms with E-state index in [0.717, 1.165) is 35.7 Å². The Morgan fingerprint density at radius 3 is 2.90 bits per heavy atom. The number of nitrogens with zero attached hydrogens (tertiary/aromatic N) is 2. The molecule has 1 N–H and O–H groups in total. The van der Waals surface area contributed by atoms with E-state index in [0.29, 0.717) is 5.92 Å². The SMILES string of the molecule is [BH3-][N+]12CCC(CC1)C(O)(CCC(=S)Cc1nccs1)C2. The van der Waals surface area contributed by atoms with Gasteiger partial charge in [-0.1, -0.05) is 12.2 Å². The molecule has 0 saturated carbocycles. The number of piperidine rings is 3. The Hall–Kier alpha value is -0.295. The summed E-state index contributed by atoms with van der Waals surface area (Å²) in [6.07, 6.45) is 6.86. The fraction of sp³-hybridized carbons (Fsp3) is 0.714. The molecule has 0 aromatic carbocycles. The molecule has 3 nitrogen and oxygen atoms in total. The Bertz CT molecular complexity index is 485. The summed E-state index contributed by atoms with van der Waals surface area (Å²) >= 11 is 7.17. The molecule has 1 atom stereocenters.